The molecule has 0 aliphatic carbocycles. The van der Waals surface area contributed by atoms with Crippen molar-refractivity contribution in [2.24, 2.45) is 0 Å². The highest BCUT2D eigenvalue weighted by Crippen LogP contribution is 2.51. The van der Waals surface area contributed by atoms with Gasteiger partial charge in [0.2, 0.25) is 0 Å². The first kappa shape index (κ1) is 23.7. The second-order valence-electron chi connectivity index (χ2n) is 9.19. The fourth-order valence-corrected chi connectivity index (χ4v) is 5.54. The van der Waals surface area contributed by atoms with Gasteiger partial charge in [0, 0.05) is 28.6 Å². The molecule has 0 spiro atoms. The molecule has 0 atom stereocenters. The third kappa shape index (κ3) is 3.70. The van der Waals surface area contributed by atoms with Crippen LogP contribution in [0.15, 0.2) is 84.9 Å². The highest BCUT2D eigenvalue weighted by atomic mass is 16.5. The number of hydrogen-bond donors (Lipinski definition) is 1. The molecular formula is C33H29NO4. The summed E-state index contributed by atoms with van der Waals surface area (Å²) < 4.78 is 23.0. The van der Waals surface area contributed by atoms with E-state index < -0.39 is 0 Å². The van der Waals surface area contributed by atoms with Crippen LogP contribution in [0.25, 0.3) is 44.2 Å². The van der Waals surface area contributed by atoms with Gasteiger partial charge in [0.25, 0.3) is 0 Å². The average molecular weight is 504 g/mol. The number of benzene rings is 5. The van der Waals surface area contributed by atoms with Crippen molar-refractivity contribution in [3.05, 3.63) is 90.5 Å². The molecule has 5 nitrogen and oxygen atoms in total. The van der Waals surface area contributed by atoms with Gasteiger partial charge in [-0.15, -0.1) is 0 Å². The topological polar surface area (TPSA) is 49.0 Å². The maximum atomic E-state index is 5.93. The quantitative estimate of drug-likeness (QED) is 0.256. The first-order valence-electron chi connectivity index (χ1n) is 12.5. The predicted molar refractivity (Wildman–Crippen MR) is 154 cm³/mol. The molecule has 1 aliphatic heterocycles. The van der Waals surface area contributed by atoms with Crippen LogP contribution in [0.3, 0.4) is 0 Å². The maximum Gasteiger partial charge on any atom is 0.169 e. The lowest BCUT2D eigenvalue weighted by atomic mass is 9.88. The SMILES string of the molecule is COc1ccc2c(c1OC)CNc1c-2ccc2c(-c3ccc(-c4ccccc4)cc3)c(OC)c(OC)cc12. The fraction of sp³-hybridized carbons (Fsp3) is 0.152. The maximum absolute atomic E-state index is 5.93. The van der Waals surface area contributed by atoms with Gasteiger partial charge in [0.15, 0.2) is 23.0 Å². The lowest BCUT2D eigenvalue weighted by Gasteiger charge is -2.27. The van der Waals surface area contributed by atoms with E-state index in [1.807, 2.05) is 12.1 Å². The average Bonchev–Trinajstić information content (AvgIpc) is 2.99. The van der Waals surface area contributed by atoms with Crippen LogP contribution in [-0.4, -0.2) is 28.4 Å². The normalized spacial score (nSPS) is 11.8. The molecule has 0 fully saturated rings. The molecule has 0 bridgehead atoms. The standard InChI is InChI=1S/C33H29NO4/c1-35-28-17-16-23-25-15-14-24-26(31(25)34-19-27(23)32(28)37-3)18-29(36-2)33(38-4)30(24)22-12-10-21(11-13-22)20-8-6-5-7-9-20/h5-18,34H,19H2,1-4H3. The molecule has 0 amide bonds. The molecule has 6 rings (SSSR count). The first-order chi connectivity index (χ1) is 18.7. The van der Waals surface area contributed by atoms with E-state index in [9.17, 15) is 0 Å². The minimum Gasteiger partial charge on any atom is -0.493 e. The van der Waals surface area contributed by atoms with E-state index in [1.165, 1.54) is 11.1 Å². The number of hydrogen-bond acceptors (Lipinski definition) is 5. The number of ether oxygens (including phenoxy) is 4. The summed E-state index contributed by atoms with van der Waals surface area (Å²) in [7, 11) is 6.72. The zero-order valence-corrected chi connectivity index (χ0v) is 21.9. The Labute approximate surface area is 222 Å². The van der Waals surface area contributed by atoms with Crippen LogP contribution in [0.5, 0.6) is 23.0 Å². The molecule has 1 N–H and O–H groups in total. The van der Waals surface area contributed by atoms with Crippen molar-refractivity contribution < 1.29 is 18.9 Å². The Bertz CT molecular complexity index is 1640. The van der Waals surface area contributed by atoms with Gasteiger partial charge in [0.1, 0.15) is 0 Å². The molecule has 0 saturated carbocycles. The third-order valence-electron chi connectivity index (χ3n) is 7.33. The summed E-state index contributed by atoms with van der Waals surface area (Å²) >= 11 is 0. The van der Waals surface area contributed by atoms with Crippen LogP contribution in [0.2, 0.25) is 0 Å². The smallest absolute Gasteiger partial charge is 0.169 e. The Morgan fingerprint density at radius 2 is 1.21 bits per heavy atom. The summed E-state index contributed by atoms with van der Waals surface area (Å²) in [5.41, 5.74) is 8.79. The van der Waals surface area contributed by atoms with Gasteiger partial charge in [-0.2, -0.15) is 0 Å². The van der Waals surface area contributed by atoms with Crippen LogP contribution >= 0.6 is 0 Å². The highest BCUT2D eigenvalue weighted by Gasteiger charge is 2.26. The van der Waals surface area contributed by atoms with Crippen molar-refractivity contribution >= 4 is 16.5 Å². The van der Waals surface area contributed by atoms with E-state index in [0.29, 0.717) is 12.3 Å². The van der Waals surface area contributed by atoms with E-state index in [4.69, 9.17) is 18.9 Å². The van der Waals surface area contributed by atoms with Gasteiger partial charge in [-0.3, -0.25) is 0 Å². The molecule has 5 aromatic rings. The van der Waals surface area contributed by atoms with Crippen LogP contribution in [0.4, 0.5) is 5.69 Å². The number of fused-ring (bicyclic) bond motifs is 5. The lowest BCUT2D eigenvalue weighted by Crippen LogP contribution is -2.11. The van der Waals surface area contributed by atoms with Crippen molar-refractivity contribution in [3.8, 4) is 56.4 Å². The number of anilines is 1. The van der Waals surface area contributed by atoms with Crippen LogP contribution < -0.4 is 24.3 Å². The van der Waals surface area contributed by atoms with Crippen LogP contribution in [0, 0.1) is 0 Å². The van der Waals surface area contributed by atoms with Crippen LogP contribution in [-0.2, 0) is 6.54 Å². The van der Waals surface area contributed by atoms with Crippen molar-refractivity contribution in [1.29, 1.82) is 0 Å². The number of nitrogens with one attached hydrogen (secondary N) is 1. The minimum atomic E-state index is 0.622. The molecule has 0 radical (unpaired) electrons. The second-order valence-corrected chi connectivity index (χ2v) is 9.19. The minimum absolute atomic E-state index is 0.622. The molecule has 1 heterocycles. The summed E-state index contributed by atoms with van der Waals surface area (Å²) in [6, 6.07) is 29.5. The Morgan fingerprint density at radius 3 is 1.89 bits per heavy atom. The predicted octanol–water partition coefficient (Wildman–Crippen LogP) is 7.80. The van der Waals surface area contributed by atoms with E-state index in [2.05, 4.69) is 78.1 Å². The molecule has 5 heteroatoms. The van der Waals surface area contributed by atoms with E-state index in [0.717, 1.165) is 61.5 Å². The molecule has 1 aliphatic rings. The van der Waals surface area contributed by atoms with Crippen molar-refractivity contribution in [1.82, 2.24) is 0 Å². The van der Waals surface area contributed by atoms with E-state index in [-0.39, 0.29) is 0 Å². The zero-order chi connectivity index (χ0) is 26.2. The second kappa shape index (κ2) is 9.67. The van der Waals surface area contributed by atoms with Gasteiger partial charge < -0.3 is 24.3 Å². The third-order valence-corrected chi connectivity index (χ3v) is 7.33. The van der Waals surface area contributed by atoms with Crippen molar-refractivity contribution in [2.45, 2.75) is 6.54 Å². The zero-order valence-electron chi connectivity index (χ0n) is 21.9. The summed E-state index contributed by atoms with van der Waals surface area (Å²) in [6.07, 6.45) is 0. The number of rotatable bonds is 6. The summed E-state index contributed by atoms with van der Waals surface area (Å²) in [5, 5.41) is 5.81. The highest BCUT2D eigenvalue weighted by molar-refractivity contribution is 6.11. The Kier molecular flexibility index (Phi) is 6.04. The van der Waals surface area contributed by atoms with Crippen LogP contribution in [0.1, 0.15) is 5.56 Å². The lowest BCUT2D eigenvalue weighted by molar-refractivity contribution is 0.352. The Balaban J connectivity index is 1.56. The molecule has 38 heavy (non-hydrogen) atoms. The molecular weight excluding hydrogens is 474 g/mol. The largest absolute Gasteiger partial charge is 0.493 e. The molecule has 0 unspecified atom stereocenters. The van der Waals surface area contributed by atoms with E-state index in [1.54, 1.807) is 28.4 Å². The van der Waals surface area contributed by atoms with Gasteiger partial charge >= 0.3 is 0 Å². The van der Waals surface area contributed by atoms with E-state index >= 15 is 0 Å². The van der Waals surface area contributed by atoms with Crippen molar-refractivity contribution in [3.63, 3.8) is 0 Å². The molecule has 0 saturated heterocycles. The molecule has 0 aromatic heterocycles. The van der Waals surface area contributed by atoms with Gasteiger partial charge in [0.05, 0.1) is 34.1 Å². The summed E-state index contributed by atoms with van der Waals surface area (Å²) in [4.78, 5) is 0. The summed E-state index contributed by atoms with van der Waals surface area (Å²) in [5.74, 6) is 2.89. The first-order valence-corrected chi connectivity index (χ1v) is 12.5. The monoisotopic (exact) mass is 503 g/mol. The Morgan fingerprint density at radius 1 is 0.553 bits per heavy atom. The number of methoxy groups -OCH3 is 4. The van der Waals surface area contributed by atoms with Gasteiger partial charge in [-0.25, -0.2) is 0 Å². The van der Waals surface area contributed by atoms with Gasteiger partial charge in [-0.1, -0.05) is 66.7 Å². The fourth-order valence-electron chi connectivity index (χ4n) is 5.54. The molecule has 5 aromatic carbocycles. The molecule has 190 valence electrons. The van der Waals surface area contributed by atoms with Crippen molar-refractivity contribution in [2.75, 3.05) is 33.8 Å². The van der Waals surface area contributed by atoms with Gasteiger partial charge in [-0.05, 0) is 45.8 Å². The Hall–Kier alpha value is -4.64. The summed E-state index contributed by atoms with van der Waals surface area (Å²) in [6.45, 7) is 0.622.